The second-order valence-corrected chi connectivity index (χ2v) is 15.8. The molecule has 0 spiro atoms. The van der Waals surface area contributed by atoms with Gasteiger partial charge in [-0.05, 0) is 96.8 Å². The van der Waals surface area contributed by atoms with Crippen molar-refractivity contribution in [3.8, 4) is 22.3 Å². The summed E-state index contributed by atoms with van der Waals surface area (Å²) in [6.45, 7) is 11.3. The molecule has 2 aliphatic heterocycles. The fourth-order valence-corrected chi connectivity index (χ4v) is 7.94. The Morgan fingerprint density at radius 3 is 1.23 bits per heavy atom. The first kappa shape index (κ1) is 41.3. The van der Waals surface area contributed by atoms with Gasteiger partial charge in [0.15, 0.2) is 0 Å². The molecule has 0 unspecified atom stereocenters. The number of carbonyl (C=O) groups is 2. The topological polar surface area (TPSA) is 83.1 Å². The van der Waals surface area contributed by atoms with E-state index in [1.165, 1.54) is 33.4 Å². The summed E-state index contributed by atoms with van der Waals surface area (Å²) < 4.78 is 11.1. The monoisotopic (exact) mass is 758 g/mol. The molecule has 6 rings (SSSR count). The standard InChI is InChI=1S/C48H62N4O4/c1-37(39-13-17-43(18-14-39)41-9-5-3-6-10-41)21-27-51-29-23-45(24-30-51)49-47(53)35-55-33-34-56-36-48(54)50-46-25-31-52(32-26-46)28-22-38(2)40-15-19-44(20-16-40)42-11-7-4-8-12-42/h3-20,37-38,45-46H,21-36H2,1-2H3,(H,49,53)(H,50,54)/t37-,38-/m1/s1. The van der Waals surface area contributed by atoms with Crippen molar-refractivity contribution in [2.24, 2.45) is 0 Å². The van der Waals surface area contributed by atoms with Crippen LogP contribution >= 0.6 is 0 Å². The Morgan fingerprint density at radius 1 is 0.536 bits per heavy atom. The highest BCUT2D eigenvalue weighted by Gasteiger charge is 2.23. The summed E-state index contributed by atoms with van der Waals surface area (Å²) in [7, 11) is 0. The summed E-state index contributed by atoms with van der Waals surface area (Å²) >= 11 is 0. The Kier molecular flexibility index (Phi) is 16.1. The number of carbonyl (C=O) groups excluding carboxylic acids is 2. The number of benzene rings is 4. The van der Waals surface area contributed by atoms with Crippen molar-refractivity contribution in [1.82, 2.24) is 20.4 Å². The normalized spacial score (nSPS) is 17.0. The van der Waals surface area contributed by atoms with Crippen LogP contribution in [0.5, 0.6) is 0 Å². The number of nitrogens with one attached hydrogen (secondary N) is 2. The van der Waals surface area contributed by atoms with E-state index < -0.39 is 0 Å². The molecule has 0 aromatic heterocycles. The molecular formula is C48H62N4O4. The molecule has 0 radical (unpaired) electrons. The van der Waals surface area contributed by atoms with Gasteiger partial charge in [0, 0.05) is 38.3 Å². The van der Waals surface area contributed by atoms with Gasteiger partial charge in [0.1, 0.15) is 13.2 Å². The molecule has 0 saturated carbocycles. The first-order valence-corrected chi connectivity index (χ1v) is 20.9. The molecule has 0 aliphatic carbocycles. The number of amides is 2. The van der Waals surface area contributed by atoms with Gasteiger partial charge in [0.2, 0.25) is 11.8 Å². The molecule has 2 heterocycles. The molecule has 4 aromatic carbocycles. The fraction of sp³-hybridized carbons (Fsp3) is 0.458. The SMILES string of the molecule is C[C@H](CCN1CCC(NC(=O)COCCOCC(=O)NC2CCN(CC[C@@H](C)c3ccc(-c4ccccc4)cc3)CC2)CC1)c1ccc(-c2ccccc2)cc1. The van der Waals surface area contributed by atoms with Crippen molar-refractivity contribution >= 4 is 11.8 Å². The van der Waals surface area contributed by atoms with Crippen LogP contribution in [0.25, 0.3) is 22.3 Å². The Labute approximate surface area is 335 Å². The molecular weight excluding hydrogens is 697 g/mol. The number of hydrogen-bond acceptors (Lipinski definition) is 6. The van der Waals surface area contributed by atoms with E-state index in [0.29, 0.717) is 11.8 Å². The number of likely N-dealkylation sites (tertiary alicyclic amines) is 2. The molecule has 8 heteroatoms. The Bertz CT molecular complexity index is 1600. The van der Waals surface area contributed by atoms with Gasteiger partial charge in [-0.3, -0.25) is 9.59 Å². The number of hydrogen-bond donors (Lipinski definition) is 2. The number of piperidine rings is 2. The molecule has 0 bridgehead atoms. The van der Waals surface area contributed by atoms with E-state index in [0.717, 1.165) is 77.8 Å². The van der Waals surface area contributed by atoms with E-state index in [2.05, 4.69) is 143 Å². The van der Waals surface area contributed by atoms with Crippen LogP contribution in [-0.4, -0.2) is 99.4 Å². The van der Waals surface area contributed by atoms with Crippen molar-refractivity contribution in [1.29, 1.82) is 0 Å². The van der Waals surface area contributed by atoms with E-state index in [-0.39, 0.29) is 50.3 Å². The molecule has 4 aromatic rings. The molecule has 2 fully saturated rings. The summed E-state index contributed by atoms with van der Waals surface area (Å²) in [4.78, 5) is 30.0. The summed E-state index contributed by atoms with van der Waals surface area (Å²) in [5.74, 6) is 0.813. The summed E-state index contributed by atoms with van der Waals surface area (Å²) in [6.07, 6.45) is 6.04. The van der Waals surface area contributed by atoms with E-state index >= 15 is 0 Å². The van der Waals surface area contributed by atoms with Crippen LogP contribution in [0.3, 0.4) is 0 Å². The van der Waals surface area contributed by atoms with E-state index in [1.54, 1.807) is 0 Å². The van der Waals surface area contributed by atoms with E-state index in [9.17, 15) is 9.59 Å². The van der Waals surface area contributed by atoms with Crippen molar-refractivity contribution in [3.63, 3.8) is 0 Å². The van der Waals surface area contributed by atoms with Crippen molar-refractivity contribution in [2.75, 3.05) is 65.7 Å². The first-order valence-electron chi connectivity index (χ1n) is 20.9. The van der Waals surface area contributed by atoms with Gasteiger partial charge in [-0.1, -0.05) is 123 Å². The number of ether oxygens (including phenoxy) is 2. The maximum atomic E-state index is 12.5. The van der Waals surface area contributed by atoms with Crippen LogP contribution in [0.4, 0.5) is 0 Å². The maximum Gasteiger partial charge on any atom is 0.246 e. The van der Waals surface area contributed by atoms with Crippen molar-refractivity contribution in [3.05, 3.63) is 120 Å². The van der Waals surface area contributed by atoms with Crippen LogP contribution in [0, 0.1) is 0 Å². The predicted octanol–water partition coefficient (Wildman–Crippen LogP) is 7.90. The van der Waals surface area contributed by atoms with Crippen LogP contribution in [0.1, 0.15) is 75.3 Å². The molecule has 56 heavy (non-hydrogen) atoms. The van der Waals surface area contributed by atoms with Crippen LogP contribution in [-0.2, 0) is 19.1 Å². The van der Waals surface area contributed by atoms with Gasteiger partial charge >= 0.3 is 0 Å². The van der Waals surface area contributed by atoms with Gasteiger partial charge < -0.3 is 29.9 Å². The highest BCUT2D eigenvalue weighted by molar-refractivity contribution is 5.78. The average Bonchev–Trinajstić information content (AvgIpc) is 3.25. The molecule has 2 amide bonds. The Balaban J connectivity index is 0.748. The third kappa shape index (κ3) is 13.1. The lowest BCUT2D eigenvalue weighted by atomic mass is 9.94. The highest BCUT2D eigenvalue weighted by atomic mass is 16.5. The molecule has 2 aliphatic rings. The van der Waals surface area contributed by atoms with Gasteiger partial charge in [-0.2, -0.15) is 0 Å². The van der Waals surface area contributed by atoms with Crippen LogP contribution in [0.15, 0.2) is 109 Å². The predicted molar refractivity (Wildman–Crippen MR) is 227 cm³/mol. The van der Waals surface area contributed by atoms with E-state index in [1.807, 2.05) is 0 Å². The maximum absolute atomic E-state index is 12.5. The lowest BCUT2D eigenvalue weighted by molar-refractivity contribution is -0.130. The smallest absolute Gasteiger partial charge is 0.246 e. The largest absolute Gasteiger partial charge is 0.369 e. The Morgan fingerprint density at radius 2 is 0.875 bits per heavy atom. The molecule has 2 N–H and O–H groups in total. The summed E-state index contributed by atoms with van der Waals surface area (Å²) in [5, 5.41) is 6.27. The van der Waals surface area contributed by atoms with Crippen LogP contribution in [0.2, 0.25) is 0 Å². The molecule has 8 nitrogen and oxygen atoms in total. The van der Waals surface area contributed by atoms with E-state index in [4.69, 9.17) is 9.47 Å². The molecule has 2 atom stereocenters. The third-order valence-corrected chi connectivity index (χ3v) is 11.7. The van der Waals surface area contributed by atoms with Crippen molar-refractivity contribution in [2.45, 2.75) is 76.3 Å². The van der Waals surface area contributed by atoms with Crippen LogP contribution < -0.4 is 10.6 Å². The fourth-order valence-electron chi connectivity index (χ4n) is 7.94. The van der Waals surface area contributed by atoms with Gasteiger partial charge in [0.05, 0.1) is 13.2 Å². The summed E-state index contributed by atoms with van der Waals surface area (Å²) in [6, 6.07) is 39.4. The van der Waals surface area contributed by atoms with Gasteiger partial charge in [0.25, 0.3) is 0 Å². The lowest BCUT2D eigenvalue weighted by Crippen LogP contribution is -2.46. The van der Waals surface area contributed by atoms with Gasteiger partial charge in [-0.25, -0.2) is 0 Å². The van der Waals surface area contributed by atoms with Gasteiger partial charge in [-0.15, -0.1) is 0 Å². The zero-order chi connectivity index (χ0) is 39.0. The molecule has 2 saturated heterocycles. The lowest BCUT2D eigenvalue weighted by Gasteiger charge is -2.33. The zero-order valence-electron chi connectivity index (χ0n) is 33.5. The average molecular weight is 759 g/mol. The third-order valence-electron chi connectivity index (χ3n) is 11.7. The zero-order valence-corrected chi connectivity index (χ0v) is 33.5. The highest BCUT2D eigenvalue weighted by Crippen LogP contribution is 2.27. The second kappa shape index (κ2) is 21.8. The Hall–Kier alpha value is -4.34. The molecule has 298 valence electrons. The van der Waals surface area contributed by atoms with Crippen molar-refractivity contribution < 1.29 is 19.1 Å². The minimum atomic E-state index is -0.0907. The minimum Gasteiger partial charge on any atom is -0.369 e. The second-order valence-electron chi connectivity index (χ2n) is 15.8. The number of rotatable bonds is 19. The summed E-state index contributed by atoms with van der Waals surface area (Å²) in [5.41, 5.74) is 7.77. The first-order chi connectivity index (χ1) is 27.4. The minimum absolute atomic E-state index is 0.00817. The number of nitrogens with zero attached hydrogens (tertiary/aromatic N) is 2. The quantitative estimate of drug-likeness (QED) is 0.0947.